The highest BCUT2D eigenvalue weighted by atomic mass is 16.3. The van der Waals surface area contributed by atoms with Crippen LogP contribution < -0.4 is 5.32 Å². The first-order valence-electron chi connectivity index (χ1n) is 7.08. The molecule has 0 radical (unpaired) electrons. The molecule has 1 heterocycles. The minimum Gasteiger partial charge on any atom is -0.394 e. The highest BCUT2D eigenvalue weighted by Gasteiger charge is 2.09. The van der Waals surface area contributed by atoms with Gasteiger partial charge in [0.2, 0.25) is 0 Å². The SMILES string of the molecule is OC[C@H](NCc1ccc2cnccc2c1)c1ccccc1. The van der Waals surface area contributed by atoms with E-state index in [0.29, 0.717) is 0 Å². The Bertz CT molecular complexity index is 712. The van der Waals surface area contributed by atoms with Crippen molar-refractivity contribution in [1.29, 1.82) is 0 Å². The van der Waals surface area contributed by atoms with Gasteiger partial charge in [0.25, 0.3) is 0 Å². The Morgan fingerprint density at radius 2 is 1.86 bits per heavy atom. The van der Waals surface area contributed by atoms with Gasteiger partial charge in [-0.25, -0.2) is 0 Å². The number of nitrogens with zero attached hydrogens (tertiary/aromatic N) is 1. The van der Waals surface area contributed by atoms with E-state index in [2.05, 4.69) is 28.5 Å². The number of pyridine rings is 1. The molecule has 0 fully saturated rings. The van der Waals surface area contributed by atoms with Crippen molar-refractivity contribution in [3.8, 4) is 0 Å². The van der Waals surface area contributed by atoms with Gasteiger partial charge in [-0.1, -0.05) is 42.5 Å². The van der Waals surface area contributed by atoms with Crippen molar-refractivity contribution in [3.05, 3.63) is 78.1 Å². The second-order valence-corrected chi connectivity index (χ2v) is 5.08. The van der Waals surface area contributed by atoms with Crippen LogP contribution in [0.1, 0.15) is 17.2 Å². The zero-order chi connectivity index (χ0) is 14.5. The van der Waals surface area contributed by atoms with Gasteiger partial charge in [0.05, 0.1) is 12.6 Å². The van der Waals surface area contributed by atoms with Crippen LogP contribution in [-0.2, 0) is 6.54 Å². The average Bonchev–Trinajstić information content (AvgIpc) is 2.56. The molecule has 3 aromatic rings. The number of hydrogen-bond donors (Lipinski definition) is 2. The average molecular weight is 278 g/mol. The molecular weight excluding hydrogens is 260 g/mol. The molecule has 0 saturated carbocycles. The smallest absolute Gasteiger partial charge is 0.0626 e. The highest BCUT2D eigenvalue weighted by molar-refractivity contribution is 5.81. The molecule has 1 atom stereocenters. The summed E-state index contributed by atoms with van der Waals surface area (Å²) in [4.78, 5) is 4.12. The van der Waals surface area contributed by atoms with Gasteiger partial charge in [-0.2, -0.15) is 0 Å². The van der Waals surface area contributed by atoms with E-state index in [0.717, 1.165) is 17.5 Å². The summed E-state index contributed by atoms with van der Waals surface area (Å²) in [7, 11) is 0. The number of benzene rings is 2. The van der Waals surface area contributed by atoms with E-state index in [-0.39, 0.29) is 12.6 Å². The Morgan fingerprint density at radius 1 is 1.00 bits per heavy atom. The van der Waals surface area contributed by atoms with Crippen LogP contribution in [-0.4, -0.2) is 16.7 Å². The standard InChI is InChI=1S/C18H18N2O/c21-13-18(15-4-2-1-3-5-15)20-11-14-6-7-17-12-19-9-8-16(17)10-14/h1-10,12,18,20-21H,11,13H2/t18-/m0/s1. The van der Waals surface area contributed by atoms with Crippen LogP contribution in [0.4, 0.5) is 0 Å². The van der Waals surface area contributed by atoms with Crippen LogP contribution in [0.3, 0.4) is 0 Å². The van der Waals surface area contributed by atoms with Crippen molar-refractivity contribution in [2.24, 2.45) is 0 Å². The second kappa shape index (κ2) is 6.48. The molecule has 0 amide bonds. The number of rotatable bonds is 5. The molecule has 0 aliphatic heterocycles. The first-order chi connectivity index (χ1) is 10.4. The Morgan fingerprint density at radius 3 is 2.67 bits per heavy atom. The van der Waals surface area contributed by atoms with Crippen molar-refractivity contribution in [2.45, 2.75) is 12.6 Å². The van der Waals surface area contributed by atoms with E-state index in [1.54, 1.807) is 6.20 Å². The summed E-state index contributed by atoms with van der Waals surface area (Å²) in [6.07, 6.45) is 3.67. The molecule has 0 aliphatic rings. The van der Waals surface area contributed by atoms with Gasteiger partial charge in [-0.3, -0.25) is 4.98 Å². The van der Waals surface area contributed by atoms with Crippen molar-refractivity contribution < 1.29 is 5.11 Å². The molecule has 21 heavy (non-hydrogen) atoms. The van der Waals surface area contributed by atoms with E-state index in [1.807, 2.05) is 42.6 Å². The number of aromatic nitrogens is 1. The first kappa shape index (κ1) is 13.7. The maximum atomic E-state index is 9.56. The normalized spacial score (nSPS) is 12.4. The maximum absolute atomic E-state index is 9.56. The monoisotopic (exact) mass is 278 g/mol. The number of fused-ring (bicyclic) bond motifs is 1. The summed E-state index contributed by atoms with van der Waals surface area (Å²) >= 11 is 0. The molecule has 3 rings (SSSR count). The van der Waals surface area contributed by atoms with Gasteiger partial charge in [0.15, 0.2) is 0 Å². The third-order valence-electron chi connectivity index (χ3n) is 3.64. The van der Waals surface area contributed by atoms with Crippen LogP contribution in [0, 0.1) is 0 Å². The number of nitrogens with one attached hydrogen (secondary N) is 1. The summed E-state index contributed by atoms with van der Waals surface area (Å²) in [6.45, 7) is 0.805. The van der Waals surface area contributed by atoms with Crippen LogP contribution in [0.2, 0.25) is 0 Å². The molecule has 1 aromatic heterocycles. The molecule has 0 saturated heterocycles. The van der Waals surface area contributed by atoms with Crippen LogP contribution in [0.25, 0.3) is 10.8 Å². The second-order valence-electron chi connectivity index (χ2n) is 5.08. The van der Waals surface area contributed by atoms with E-state index in [4.69, 9.17) is 0 Å². The summed E-state index contributed by atoms with van der Waals surface area (Å²) in [5, 5.41) is 15.3. The van der Waals surface area contributed by atoms with E-state index in [1.165, 1.54) is 10.9 Å². The maximum Gasteiger partial charge on any atom is 0.0626 e. The minimum atomic E-state index is -0.0423. The molecular formula is C18H18N2O. The largest absolute Gasteiger partial charge is 0.394 e. The Hall–Kier alpha value is -2.23. The summed E-state index contributed by atoms with van der Waals surface area (Å²) in [5.41, 5.74) is 2.30. The summed E-state index contributed by atoms with van der Waals surface area (Å²) in [5.74, 6) is 0. The summed E-state index contributed by atoms with van der Waals surface area (Å²) in [6, 6.07) is 18.3. The van der Waals surface area contributed by atoms with Crippen molar-refractivity contribution in [2.75, 3.05) is 6.61 Å². The van der Waals surface area contributed by atoms with E-state index in [9.17, 15) is 5.11 Å². The van der Waals surface area contributed by atoms with Gasteiger partial charge >= 0.3 is 0 Å². The molecule has 0 unspecified atom stereocenters. The minimum absolute atomic E-state index is 0.0423. The molecule has 0 spiro atoms. The molecule has 0 aliphatic carbocycles. The Balaban J connectivity index is 1.73. The van der Waals surface area contributed by atoms with Crippen molar-refractivity contribution in [3.63, 3.8) is 0 Å². The fourth-order valence-electron chi connectivity index (χ4n) is 2.46. The number of hydrogen-bond acceptors (Lipinski definition) is 3. The topological polar surface area (TPSA) is 45.1 Å². The molecule has 3 heteroatoms. The lowest BCUT2D eigenvalue weighted by Gasteiger charge is -2.17. The zero-order valence-corrected chi connectivity index (χ0v) is 11.7. The fraction of sp³-hybridized carbons (Fsp3) is 0.167. The van der Waals surface area contributed by atoms with Crippen LogP contribution >= 0.6 is 0 Å². The van der Waals surface area contributed by atoms with E-state index >= 15 is 0 Å². The predicted molar refractivity (Wildman–Crippen MR) is 84.9 cm³/mol. The molecule has 2 N–H and O–H groups in total. The predicted octanol–water partition coefficient (Wildman–Crippen LogP) is 3.06. The van der Waals surface area contributed by atoms with Gasteiger partial charge in [-0.15, -0.1) is 0 Å². The molecule has 3 nitrogen and oxygen atoms in total. The fourth-order valence-corrected chi connectivity index (χ4v) is 2.46. The van der Waals surface area contributed by atoms with Gasteiger partial charge < -0.3 is 10.4 Å². The zero-order valence-electron chi connectivity index (χ0n) is 11.7. The Labute approximate surface area is 124 Å². The van der Waals surface area contributed by atoms with Crippen molar-refractivity contribution >= 4 is 10.8 Å². The quantitative estimate of drug-likeness (QED) is 0.754. The molecule has 106 valence electrons. The number of aliphatic hydroxyl groups is 1. The Kier molecular flexibility index (Phi) is 4.24. The first-order valence-corrected chi connectivity index (χ1v) is 7.08. The lowest BCUT2D eigenvalue weighted by Crippen LogP contribution is -2.23. The van der Waals surface area contributed by atoms with Crippen LogP contribution in [0.15, 0.2) is 67.0 Å². The third kappa shape index (κ3) is 3.27. The lowest BCUT2D eigenvalue weighted by molar-refractivity contribution is 0.243. The molecule has 2 aromatic carbocycles. The number of aliphatic hydroxyl groups excluding tert-OH is 1. The highest BCUT2D eigenvalue weighted by Crippen LogP contribution is 2.16. The van der Waals surface area contributed by atoms with E-state index < -0.39 is 0 Å². The third-order valence-corrected chi connectivity index (χ3v) is 3.64. The van der Waals surface area contributed by atoms with Crippen LogP contribution in [0.5, 0.6) is 0 Å². The lowest BCUT2D eigenvalue weighted by atomic mass is 10.1. The van der Waals surface area contributed by atoms with Gasteiger partial charge in [0, 0.05) is 24.3 Å². The van der Waals surface area contributed by atoms with Crippen molar-refractivity contribution in [1.82, 2.24) is 10.3 Å². The van der Waals surface area contributed by atoms with Gasteiger partial charge in [-0.05, 0) is 28.6 Å². The van der Waals surface area contributed by atoms with Gasteiger partial charge in [0.1, 0.15) is 0 Å². The summed E-state index contributed by atoms with van der Waals surface area (Å²) < 4.78 is 0. The molecule has 0 bridgehead atoms.